The van der Waals surface area contributed by atoms with Gasteiger partial charge < -0.3 is 21.1 Å². The highest BCUT2D eigenvalue weighted by Gasteiger charge is 2.33. The summed E-state index contributed by atoms with van der Waals surface area (Å²) in [6.07, 6.45) is 1.15. The van der Waals surface area contributed by atoms with Crippen LogP contribution in [0, 0.1) is 17.8 Å². The van der Waals surface area contributed by atoms with E-state index in [0.717, 1.165) is 11.1 Å². The topological polar surface area (TPSA) is 140 Å². The lowest BCUT2D eigenvalue weighted by atomic mass is 9.97. The molecule has 0 saturated heterocycles. The predicted molar refractivity (Wildman–Crippen MR) is 164 cm³/mol. The second kappa shape index (κ2) is 17.3. The van der Waals surface area contributed by atoms with Gasteiger partial charge >= 0.3 is 5.97 Å². The Kier molecular flexibility index (Phi) is 14.2. The number of primary amides is 1. The summed E-state index contributed by atoms with van der Waals surface area (Å²) < 4.78 is 5.61. The van der Waals surface area contributed by atoms with E-state index in [2.05, 4.69) is 16.0 Å². The number of nitrogens with two attached hydrogens (primary N) is 1. The smallest absolute Gasteiger partial charge is 0.323 e. The molecule has 0 bridgehead atoms. The minimum Gasteiger partial charge on any atom is -0.460 e. The molecule has 2 aromatic carbocycles. The van der Waals surface area contributed by atoms with E-state index < -0.39 is 47.9 Å². The van der Waals surface area contributed by atoms with Crippen LogP contribution in [0.1, 0.15) is 65.5 Å². The van der Waals surface area contributed by atoms with E-state index in [9.17, 15) is 19.2 Å². The number of esters is 1. The van der Waals surface area contributed by atoms with Crippen LogP contribution >= 0.6 is 0 Å². The molecule has 9 heteroatoms. The van der Waals surface area contributed by atoms with E-state index in [4.69, 9.17) is 10.5 Å². The molecule has 0 spiro atoms. The van der Waals surface area contributed by atoms with Crippen molar-refractivity contribution in [3.05, 3.63) is 71.8 Å². The maximum Gasteiger partial charge on any atom is 0.323 e. The Labute approximate surface area is 250 Å². The summed E-state index contributed by atoms with van der Waals surface area (Å²) in [6, 6.07) is 15.4. The standard InChI is InChI=1S/C33H48N4O5/c1-21(2)17-27(35-28(18-22(3)4)33(41)42-20-25-15-11-8-12-16-25)31(39)37-29(23(5)6)32(40)36-26(30(34)38)19-24-13-9-7-10-14-24/h7-16,21-23,26-29,35H,17-20H2,1-6H3,(H2,34,38)(H,36,40)(H,37,39)/t26-,27-,28+,29-/m0/s1. The van der Waals surface area contributed by atoms with Crippen LogP contribution in [-0.2, 0) is 36.9 Å². The van der Waals surface area contributed by atoms with Gasteiger partial charge in [0.05, 0.1) is 6.04 Å². The normalized spacial score (nSPS) is 14.2. The third kappa shape index (κ3) is 12.0. The fourth-order valence-electron chi connectivity index (χ4n) is 4.62. The van der Waals surface area contributed by atoms with Gasteiger partial charge in [0, 0.05) is 6.42 Å². The van der Waals surface area contributed by atoms with Crippen LogP contribution in [0.15, 0.2) is 60.7 Å². The van der Waals surface area contributed by atoms with Crippen LogP contribution < -0.4 is 21.7 Å². The molecule has 3 amide bonds. The minimum absolute atomic E-state index is 0.129. The second-order valence-electron chi connectivity index (χ2n) is 12.0. The molecule has 0 aromatic heterocycles. The lowest BCUT2D eigenvalue weighted by Gasteiger charge is -2.29. The fraction of sp³-hybridized carbons (Fsp3) is 0.515. The van der Waals surface area contributed by atoms with Gasteiger partial charge in [0.25, 0.3) is 0 Å². The Morgan fingerprint density at radius 3 is 1.71 bits per heavy atom. The van der Waals surface area contributed by atoms with Gasteiger partial charge in [0.2, 0.25) is 17.7 Å². The lowest BCUT2D eigenvalue weighted by molar-refractivity contribution is -0.148. The van der Waals surface area contributed by atoms with Gasteiger partial charge in [-0.25, -0.2) is 0 Å². The molecular formula is C33H48N4O5. The van der Waals surface area contributed by atoms with Gasteiger partial charge in [-0.05, 0) is 41.7 Å². The molecule has 0 aliphatic heterocycles. The molecule has 0 saturated carbocycles. The first-order chi connectivity index (χ1) is 19.9. The van der Waals surface area contributed by atoms with Gasteiger partial charge in [-0.3, -0.25) is 24.5 Å². The zero-order valence-electron chi connectivity index (χ0n) is 25.8. The summed E-state index contributed by atoms with van der Waals surface area (Å²) in [7, 11) is 0. The van der Waals surface area contributed by atoms with Crippen LogP contribution in [0.3, 0.4) is 0 Å². The van der Waals surface area contributed by atoms with E-state index >= 15 is 0 Å². The van der Waals surface area contributed by atoms with Gasteiger partial charge in [-0.2, -0.15) is 0 Å². The molecule has 0 aliphatic carbocycles. The molecule has 0 aliphatic rings. The number of hydrogen-bond donors (Lipinski definition) is 4. The molecule has 0 heterocycles. The van der Waals surface area contributed by atoms with E-state index in [-0.39, 0.29) is 30.8 Å². The van der Waals surface area contributed by atoms with Gasteiger partial charge in [-0.1, -0.05) is 102 Å². The number of rotatable bonds is 17. The number of nitrogens with one attached hydrogen (secondary N) is 3. The Morgan fingerprint density at radius 2 is 1.21 bits per heavy atom. The van der Waals surface area contributed by atoms with Crippen molar-refractivity contribution in [1.82, 2.24) is 16.0 Å². The van der Waals surface area contributed by atoms with Gasteiger partial charge in [-0.15, -0.1) is 0 Å². The quantitative estimate of drug-likeness (QED) is 0.211. The molecule has 5 N–H and O–H groups in total. The molecule has 0 unspecified atom stereocenters. The number of ether oxygens (including phenoxy) is 1. The molecule has 0 radical (unpaired) electrons. The molecule has 42 heavy (non-hydrogen) atoms. The molecular weight excluding hydrogens is 532 g/mol. The average Bonchev–Trinajstić information content (AvgIpc) is 2.93. The fourth-order valence-corrected chi connectivity index (χ4v) is 4.62. The summed E-state index contributed by atoms with van der Waals surface area (Å²) >= 11 is 0. The molecule has 2 rings (SSSR count). The molecule has 4 atom stereocenters. The van der Waals surface area contributed by atoms with Crippen molar-refractivity contribution in [2.45, 2.75) is 91.6 Å². The molecule has 230 valence electrons. The van der Waals surface area contributed by atoms with Crippen molar-refractivity contribution >= 4 is 23.7 Å². The van der Waals surface area contributed by atoms with Crippen molar-refractivity contribution in [1.29, 1.82) is 0 Å². The van der Waals surface area contributed by atoms with Gasteiger partial charge in [0.1, 0.15) is 24.7 Å². The monoisotopic (exact) mass is 580 g/mol. The van der Waals surface area contributed by atoms with E-state index in [0.29, 0.717) is 12.8 Å². The number of benzene rings is 2. The average molecular weight is 581 g/mol. The highest BCUT2D eigenvalue weighted by molar-refractivity contribution is 5.93. The zero-order chi connectivity index (χ0) is 31.2. The van der Waals surface area contributed by atoms with Crippen molar-refractivity contribution in [3.63, 3.8) is 0 Å². The Bertz CT molecular complexity index is 1140. The van der Waals surface area contributed by atoms with Crippen molar-refractivity contribution in [2.75, 3.05) is 0 Å². The van der Waals surface area contributed by atoms with Gasteiger partial charge in [0.15, 0.2) is 0 Å². The van der Waals surface area contributed by atoms with Crippen molar-refractivity contribution in [3.8, 4) is 0 Å². The lowest BCUT2D eigenvalue weighted by Crippen LogP contribution is -2.59. The van der Waals surface area contributed by atoms with Crippen LogP contribution in [-0.4, -0.2) is 47.9 Å². The summed E-state index contributed by atoms with van der Waals surface area (Å²) in [4.78, 5) is 52.3. The molecule has 9 nitrogen and oxygen atoms in total. The third-order valence-corrected chi connectivity index (χ3v) is 6.83. The first-order valence-corrected chi connectivity index (χ1v) is 14.8. The highest BCUT2D eigenvalue weighted by atomic mass is 16.5. The SMILES string of the molecule is CC(C)C[C@H](N[C@H](CC(C)C)C(=O)OCc1ccccc1)C(=O)N[C@H](C(=O)N[C@@H](Cc1ccccc1)C(N)=O)C(C)C. The maximum atomic E-state index is 13.6. The summed E-state index contributed by atoms with van der Waals surface area (Å²) in [5.74, 6) is -1.98. The summed E-state index contributed by atoms with van der Waals surface area (Å²) in [5, 5.41) is 8.83. The zero-order valence-corrected chi connectivity index (χ0v) is 25.8. The number of carbonyl (C=O) groups excluding carboxylic acids is 4. The number of amides is 3. The van der Waals surface area contributed by atoms with Crippen LogP contribution in [0.25, 0.3) is 0 Å². The molecule has 2 aromatic rings. The predicted octanol–water partition coefficient (Wildman–Crippen LogP) is 3.50. The Morgan fingerprint density at radius 1 is 0.690 bits per heavy atom. The Balaban J connectivity index is 2.16. The summed E-state index contributed by atoms with van der Waals surface area (Å²) in [6.45, 7) is 11.7. The van der Waals surface area contributed by atoms with Crippen LogP contribution in [0.4, 0.5) is 0 Å². The highest BCUT2D eigenvalue weighted by Crippen LogP contribution is 2.14. The maximum absolute atomic E-state index is 13.6. The minimum atomic E-state index is -0.933. The van der Waals surface area contributed by atoms with E-state index in [1.807, 2.05) is 102 Å². The largest absolute Gasteiger partial charge is 0.460 e. The number of carbonyl (C=O) groups is 4. The third-order valence-electron chi connectivity index (χ3n) is 6.83. The summed E-state index contributed by atoms with van der Waals surface area (Å²) in [5.41, 5.74) is 7.33. The second-order valence-corrected chi connectivity index (χ2v) is 12.0. The first-order valence-electron chi connectivity index (χ1n) is 14.8. The van der Waals surface area contributed by atoms with Crippen LogP contribution in [0.2, 0.25) is 0 Å². The Hall–Kier alpha value is -3.72. The van der Waals surface area contributed by atoms with Crippen molar-refractivity contribution in [2.24, 2.45) is 23.5 Å². The molecule has 0 fully saturated rings. The van der Waals surface area contributed by atoms with Crippen LogP contribution in [0.5, 0.6) is 0 Å². The first kappa shape index (κ1) is 34.5. The van der Waals surface area contributed by atoms with E-state index in [1.54, 1.807) is 0 Å². The van der Waals surface area contributed by atoms with E-state index in [1.165, 1.54) is 0 Å². The number of hydrogen-bond acceptors (Lipinski definition) is 6. The van der Waals surface area contributed by atoms with Crippen molar-refractivity contribution < 1.29 is 23.9 Å².